The minimum atomic E-state index is -0.497. The standard InChI is InChI=1S/C20H23ClO4/c1-12-9-14(21)10-13(2)16(12)17-15(22)11-19(18(17)23)3-5-20(6-4-19)24-7-8-25-20/h9-10,23H,3-8,11H2,1-2H3. The van der Waals surface area contributed by atoms with Crippen LogP contribution in [0.25, 0.3) is 5.57 Å². The number of aliphatic hydroxyl groups is 1. The molecule has 0 amide bonds. The molecule has 5 heteroatoms. The summed E-state index contributed by atoms with van der Waals surface area (Å²) >= 11 is 6.12. The molecule has 134 valence electrons. The minimum absolute atomic E-state index is 0.0234. The summed E-state index contributed by atoms with van der Waals surface area (Å²) in [5.74, 6) is -0.224. The lowest BCUT2D eigenvalue weighted by Crippen LogP contribution is -2.40. The fourth-order valence-electron chi connectivity index (χ4n) is 4.75. The van der Waals surface area contributed by atoms with Crippen molar-refractivity contribution in [2.24, 2.45) is 5.41 Å². The predicted molar refractivity (Wildman–Crippen MR) is 95.6 cm³/mol. The molecular weight excluding hydrogens is 340 g/mol. The molecule has 0 aromatic heterocycles. The first-order valence-electron chi connectivity index (χ1n) is 8.88. The van der Waals surface area contributed by atoms with Gasteiger partial charge in [-0.2, -0.15) is 0 Å². The highest BCUT2D eigenvalue weighted by Gasteiger charge is 2.53. The Kier molecular flexibility index (Phi) is 3.98. The van der Waals surface area contributed by atoms with Gasteiger partial charge in [0.1, 0.15) is 5.76 Å². The topological polar surface area (TPSA) is 55.8 Å². The molecule has 1 saturated heterocycles. The third-order valence-corrected chi connectivity index (χ3v) is 6.27. The molecule has 0 bridgehead atoms. The predicted octanol–water partition coefficient (Wildman–Crippen LogP) is 4.50. The summed E-state index contributed by atoms with van der Waals surface area (Å²) in [7, 11) is 0. The Morgan fingerprint density at radius 1 is 1.04 bits per heavy atom. The summed E-state index contributed by atoms with van der Waals surface area (Å²) in [6, 6.07) is 3.69. The molecule has 2 spiro atoms. The summed E-state index contributed by atoms with van der Waals surface area (Å²) in [5.41, 5.74) is 2.69. The van der Waals surface area contributed by atoms with Gasteiger partial charge in [-0.25, -0.2) is 0 Å². The molecule has 1 aromatic rings. The highest BCUT2D eigenvalue weighted by atomic mass is 35.5. The lowest BCUT2D eigenvalue weighted by atomic mass is 9.70. The van der Waals surface area contributed by atoms with E-state index in [0.717, 1.165) is 29.5 Å². The van der Waals surface area contributed by atoms with Gasteiger partial charge in [-0.3, -0.25) is 4.79 Å². The van der Waals surface area contributed by atoms with Gasteiger partial charge < -0.3 is 14.6 Å². The Labute approximate surface area is 152 Å². The number of hydrogen-bond acceptors (Lipinski definition) is 4. The molecule has 0 radical (unpaired) electrons. The first kappa shape index (κ1) is 17.1. The average molecular weight is 363 g/mol. The van der Waals surface area contributed by atoms with Crippen molar-refractivity contribution in [2.75, 3.05) is 13.2 Å². The van der Waals surface area contributed by atoms with Crippen molar-refractivity contribution < 1.29 is 19.4 Å². The maximum absolute atomic E-state index is 12.8. The number of aryl methyl sites for hydroxylation is 2. The fourth-order valence-corrected chi connectivity index (χ4v) is 5.08. The van der Waals surface area contributed by atoms with E-state index >= 15 is 0 Å². The van der Waals surface area contributed by atoms with E-state index in [1.807, 2.05) is 26.0 Å². The number of ether oxygens (including phenoxy) is 2. The van der Waals surface area contributed by atoms with E-state index in [9.17, 15) is 9.90 Å². The minimum Gasteiger partial charge on any atom is -0.511 e. The number of aliphatic hydroxyl groups excluding tert-OH is 1. The highest BCUT2D eigenvalue weighted by molar-refractivity contribution is 6.31. The first-order chi connectivity index (χ1) is 11.9. The Bertz CT molecular complexity index is 741. The molecule has 0 atom stereocenters. The van der Waals surface area contributed by atoms with Gasteiger partial charge in [0.2, 0.25) is 0 Å². The Morgan fingerprint density at radius 2 is 1.60 bits per heavy atom. The zero-order chi connectivity index (χ0) is 17.8. The zero-order valence-corrected chi connectivity index (χ0v) is 15.4. The molecule has 2 aliphatic carbocycles. The van der Waals surface area contributed by atoms with Gasteiger partial charge in [0.25, 0.3) is 0 Å². The van der Waals surface area contributed by atoms with Crippen LogP contribution in [-0.4, -0.2) is 29.9 Å². The summed E-state index contributed by atoms with van der Waals surface area (Å²) in [4.78, 5) is 12.8. The average Bonchev–Trinajstić information content (AvgIpc) is 3.09. The Hall–Kier alpha value is -1.36. The monoisotopic (exact) mass is 362 g/mol. The van der Waals surface area contributed by atoms with E-state index in [2.05, 4.69) is 0 Å². The number of benzene rings is 1. The van der Waals surface area contributed by atoms with Crippen molar-refractivity contribution in [3.05, 3.63) is 39.6 Å². The molecule has 1 aliphatic heterocycles. The van der Waals surface area contributed by atoms with Crippen molar-refractivity contribution in [1.82, 2.24) is 0 Å². The van der Waals surface area contributed by atoms with Crippen molar-refractivity contribution in [3.63, 3.8) is 0 Å². The second kappa shape index (κ2) is 5.83. The lowest BCUT2D eigenvalue weighted by Gasteiger charge is -2.41. The molecule has 2 fully saturated rings. The van der Waals surface area contributed by atoms with Crippen LogP contribution in [0.4, 0.5) is 0 Å². The number of rotatable bonds is 1. The van der Waals surface area contributed by atoms with Gasteiger partial charge in [0.15, 0.2) is 11.6 Å². The fraction of sp³-hybridized carbons (Fsp3) is 0.550. The number of Topliss-reactive ketones (excluding diaryl/α,β-unsaturated/α-hetero) is 1. The van der Waals surface area contributed by atoms with Crippen LogP contribution < -0.4 is 0 Å². The molecule has 1 N–H and O–H groups in total. The van der Waals surface area contributed by atoms with Gasteiger partial charge in [-0.15, -0.1) is 0 Å². The van der Waals surface area contributed by atoms with E-state index < -0.39 is 11.2 Å². The summed E-state index contributed by atoms with van der Waals surface area (Å²) < 4.78 is 11.6. The van der Waals surface area contributed by atoms with Crippen molar-refractivity contribution in [1.29, 1.82) is 0 Å². The van der Waals surface area contributed by atoms with Crippen molar-refractivity contribution in [3.8, 4) is 0 Å². The maximum Gasteiger partial charge on any atom is 0.168 e. The van der Waals surface area contributed by atoms with E-state index in [1.165, 1.54) is 0 Å². The highest BCUT2D eigenvalue weighted by Crippen LogP contribution is 2.55. The Balaban J connectivity index is 1.71. The van der Waals surface area contributed by atoms with E-state index in [4.69, 9.17) is 21.1 Å². The summed E-state index contributed by atoms with van der Waals surface area (Å²) in [6.45, 7) is 5.12. The van der Waals surface area contributed by atoms with E-state index in [0.29, 0.717) is 43.1 Å². The molecular formula is C20H23ClO4. The molecule has 1 heterocycles. The second-order valence-corrected chi connectivity index (χ2v) is 8.06. The number of hydrogen-bond donors (Lipinski definition) is 1. The van der Waals surface area contributed by atoms with Gasteiger partial charge in [-0.1, -0.05) is 11.6 Å². The van der Waals surface area contributed by atoms with Crippen LogP contribution in [0, 0.1) is 19.3 Å². The smallest absolute Gasteiger partial charge is 0.168 e. The number of carbonyl (C=O) groups excluding carboxylic acids is 1. The Morgan fingerprint density at radius 3 is 2.16 bits per heavy atom. The summed E-state index contributed by atoms with van der Waals surface area (Å²) in [6.07, 6.45) is 3.22. The van der Waals surface area contributed by atoms with Crippen LogP contribution in [0.5, 0.6) is 0 Å². The van der Waals surface area contributed by atoms with Gasteiger partial charge in [0.05, 0.1) is 18.8 Å². The second-order valence-electron chi connectivity index (χ2n) is 7.63. The normalized spacial score (nSPS) is 24.7. The SMILES string of the molecule is Cc1cc(Cl)cc(C)c1C1=C(O)C2(CCC3(CC2)OCCO3)CC1=O. The van der Waals surface area contributed by atoms with Crippen LogP contribution in [0.2, 0.25) is 5.02 Å². The number of allylic oxidation sites excluding steroid dienone is 2. The zero-order valence-electron chi connectivity index (χ0n) is 14.7. The maximum atomic E-state index is 12.8. The van der Waals surface area contributed by atoms with Crippen molar-refractivity contribution in [2.45, 2.75) is 51.7 Å². The third-order valence-electron chi connectivity index (χ3n) is 6.05. The number of halogens is 1. The van der Waals surface area contributed by atoms with Gasteiger partial charge in [-0.05, 0) is 55.5 Å². The van der Waals surface area contributed by atoms with Crippen LogP contribution in [-0.2, 0) is 14.3 Å². The number of carbonyl (C=O) groups is 1. The molecule has 3 aliphatic rings. The van der Waals surface area contributed by atoms with E-state index in [1.54, 1.807) is 0 Å². The van der Waals surface area contributed by atoms with Gasteiger partial charge in [0, 0.05) is 29.7 Å². The molecule has 25 heavy (non-hydrogen) atoms. The first-order valence-corrected chi connectivity index (χ1v) is 9.26. The molecule has 4 nitrogen and oxygen atoms in total. The van der Waals surface area contributed by atoms with Crippen LogP contribution >= 0.6 is 11.6 Å². The third kappa shape index (κ3) is 2.62. The molecule has 1 aromatic carbocycles. The van der Waals surface area contributed by atoms with E-state index in [-0.39, 0.29) is 11.5 Å². The number of ketones is 1. The largest absolute Gasteiger partial charge is 0.511 e. The quantitative estimate of drug-likeness (QED) is 0.799. The molecule has 4 rings (SSSR count). The van der Waals surface area contributed by atoms with Crippen molar-refractivity contribution >= 4 is 23.0 Å². The van der Waals surface area contributed by atoms with Gasteiger partial charge >= 0.3 is 0 Å². The molecule has 0 unspecified atom stereocenters. The van der Waals surface area contributed by atoms with Crippen LogP contribution in [0.15, 0.2) is 17.9 Å². The lowest BCUT2D eigenvalue weighted by molar-refractivity contribution is -0.190. The van der Waals surface area contributed by atoms with Crippen LogP contribution in [0.1, 0.15) is 48.8 Å². The molecule has 1 saturated carbocycles. The van der Waals surface area contributed by atoms with Crippen LogP contribution in [0.3, 0.4) is 0 Å². The summed E-state index contributed by atoms with van der Waals surface area (Å²) in [5, 5.41) is 11.7.